The molecule has 1 fully saturated rings. The van der Waals surface area contributed by atoms with Gasteiger partial charge in [-0.15, -0.1) is 11.6 Å². The molecular weight excluding hydrogens is 289 g/mol. The molecule has 0 bridgehead atoms. The zero-order valence-corrected chi connectivity index (χ0v) is 11.7. The Bertz CT molecular complexity index is 446. The van der Waals surface area contributed by atoms with Crippen molar-refractivity contribution in [2.24, 2.45) is 5.16 Å². The molecule has 1 unspecified atom stereocenters. The molecule has 0 heterocycles. The molecule has 19 heavy (non-hydrogen) atoms. The van der Waals surface area contributed by atoms with E-state index in [-0.39, 0.29) is 10.9 Å². The highest BCUT2D eigenvalue weighted by atomic mass is 35.5. The highest BCUT2D eigenvalue weighted by molar-refractivity contribution is 6.32. The Kier molecular flexibility index (Phi) is 6.67. The fraction of sp³-hybridized carbons (Fsp3) is 0.385. The van der Waals surface area contributed by atoms with Gasteiger partial charge >= 0.3 is 5.97 Å². The zero-order valence-electron chi connectivity index (χ0n) is 10.2. The van der Waals surface area contributed by atoms with E-state index < -0.39 is 5.97 Å². The molecule has 0 aliphatic heterocycles. The molecule has 104 valence electrons. The van der Waals surface area contributed by atoms with Crippen LogP contribution in [0.1, 0.15) is 36.0 Å². The standard InChI is InChI=1S/C7H5ClO2.C6H10ClNO/c8-6-3-1-5(2-4-6)7(9)10;7-5-3-1-2-4-6(5)8-9/h1-4H,(H,9,10);5,9H,1-4H2. The molecule has 1 aromatic carbocycles. The molecular formula is C13H15Cl2NO3. The molecule has 2 N–H and O–H groups in total. The van der Waals surface area contributed by atoms with Crippen LogP contribution in [0.2, 0.25) is 5.02 Å². The summed E-state index contributed by atoms with van der Waals surface area (Å²) in [5.74, 6) is -0.934. The van der Waals surface area contributed by atoms with Crippen molar-refractivity contribution in [2.75, 3.05) is 0 Å². The SMILES string of the molecule is O=C(O)c1ccc(Cl)cc1.ON=C1CCCCC1Cl. The van der Waals surface area contributed by atoms with Gasteiger partial charge < -0.3 is 10.3 Å². The number of carbonyl (C=O) groups is 1. The Morgan fingerprint density at radius 2 is 1.89 bits per heavy atom. The minimum Gasteiger partial charge on any atom is -0.478 e. The van der Waals surface area contributed by atoms with E-state index in [1.807, 2.05) is 0 Å². The second kappa shape index (κ2) is 8.02. The third-order valence-corrected chi connectivity index (χ3v) is 3.44. The van der Waals surface area contributed by atoms with Crippen LogP contribution >= 0.6 is 23.2 Å². The lowest BCUT2D eigenvalue weighted by atomic mass is 9.98. The van der Waals surface area contributed by atoms with Crippen LogP contribution < -0.4 is 0 Å². The largest absolute Gasteiger partial charge is 0.478 e. The number of benzene rings is 1. The topological polar surface area (TPSA) is 69.9 Å². The summed E-state index contributed by atoms with van der Waals surface area (Å²) >= 11 is 11.3. The fourth-order valence-electron chi connectivity index (χ4n) is 1.66. The maximum Gasteiger partial charge on any atom is 0.335 e. The van der Waals surface area contributed by atoms with Gasteiger partial charge in [-0.3, -0.25) is 0 Å². The molecule has 1 saturated carbocycles. The molecule has 2 rings (SSSR count). The summed E-state index contributed by atoms with van der Waals surface area (Å²) in [6, 6.07) is 6.02. The highest BCUT2D eigenvalue weighted by Crippen LogP contribution is 2.19. The van der Waals surface area contributed by atoms with Crippen molar-refractivity contribution in [1.82, 2.24) is 0 Å². The van der Waals surface area contributed by atoms with Crippen molar-refractivity contribution in [3.63, 3.8) is 0 Å². The molecule has 0 spiro atoms. The lowest BCUT2D eigenvalue weighted by molar-refractivity contribution is 0.0697. The van der Waals surface area contributed by atoms with Crippen LogP contribution in [0.4, 0.5) is 0 Å². The van der Waals surface area contributed by atoms with Crippen molar-refractivity contribution < 1.29 is 15.1 Å². The number of carboxylic acid groups (broad SMARTS) is 1. The molecule has 0 amide bonds. The molecule has 0 aromatic heterocycles. The normalized spacial score (nSPS) is 20.5. The second-order valence-corrected chi connectivity index (χ2v) is 5.08. The van der Waals surface area contributed by atoms with Crippen LogP contribution in [0, 0.1) is 0 Å². The number of rotatable bonds is 1. The van der Waals surface area contributed by atoms with Gasteiger partial charge in [0.2, 0.25) is 0 Å². The van der Waals surface area contributed by atoms with E-state index >= 15 is 0 Å². The van der Waals surface area contributed by atoms with Gasteiger partial charge in [-0.25, -0.2) is 4.79 Å². The van der Waals surface area contributed by atoms with Gasteiger partial charge in [-0.1, -0.05) is 23.2 Å². The van der Waals surface area contributed by atoms with Gasteiger partial charge in [-0.2, -0.15) is 0 Å². The predicted molar refractivity (Wildman–Crippen MR) is 75.7 cm³/mol. The summed E-state index contributed by atoms with van der Waals surface area (Å²) < 4.78 is 0. The molecule has 0 radical (unpaired) electrons. The van der Waals surface area contributed by atoms with Crippen LogP contribution in [0.3, 0.4) is 0 Å². The summed E-state index contributed by atoms with van der Waals surface area (Å²) in [5, 5.41) is 20.4. The van der Waals surface area contributed by atoms with Crippen LogP contribution in [-0.4, -0.2) is 27.4 Å². The van der Waals surface area contributed by atoms with Crippen LogP contribution in [0.5, 0.6) is 0 Å². The first-order valence-corrected chi connectivity index (χ1v) is 6.69. The predicted octanol–water partition coefficient (Wildman–Crippen LogP) is 4.04. The van der Waals surface area contributed by atoms with Crippen molar-refractivity contribution in [1.29, 1.82) is 0 Å². The number of oxime groups is 1. The van der Waals surface area contributed by atoms with E-state index in [0.717, 1.165) is 31.4 Å². The molecule has 0 saturated heterocycles. The minimum absolute atomic E-state index is 0.0104. The van der Waals surface area contributed by atoms with Crippen LogP contribution in [0.15, 0.2) is 29.4 Å². The Morgan fingerprint density at radius 1 is 1.26 bits per heavy atom. The first-order chi connectivity index (χ1) is 9.04. The Hall–Kier alpha value is -1.26. The molecule has 4 nitrogen and oxygen atoms in total. The summed E-state index contributed by atoms with van der Waals surface area (Å²) in [5.41, 5.74) is 1.01. The number of aromatic carboxylic acids is 1. The average molecular weight is 304 g/mol. The quantitative estimate of drug-likeness (QED) is 0.467. The number of carboxylic acids is 1. The number of hydrogen-bond acceptors (Lipinski definition) is 3. The van der Waals surface area contributed by atoms with Crippen LogP contribution in [0.25, 0.3) is 0 Å². The maximum absolute atomic E-state index is 10.3. The summed E-state index contributed by atoms with van der Waals surface area (Å²) in [6.45, 7) is 0. The fourth-order valence-corrected chi connectivity index (χ4v) is 2.09. The van der Waals surface area contributed by atoms with Crippen molar-refractivity contribution in [2.45, 2.75) is 31.1 Å². The minimum atomic E-state index is -0.934. The van der Waals surface area contributed by atoms with Crippen LogP contribution in [-0.2, 0) is 0 Å². The van der Waals surface area contributed by atoms with Crippen molar-refractivity contribution in [3.05, 3.63) is 34.9 Å². The monoisotopic (exact) mass is 303 g/mol. The van der Waals surface area contributed by atoms with Crippen molar-refractivity contribution in [3.8, 4) is 0 Å². The molecule has 6 heteroatoms. The van der Waals surface area contributed by atoms with E-state index in [0.29, 0.717) is 5.02 Å². The van der Waals surface area contributed by atoms with E-state index in [1.165, 1.54) is 12.1 Å². The van der Waals surface area contributed by atoms with E-state index in [1.54, 1.807) is 12.1 Å². The van der Waals surface area contributed by atoms with Gasteiger partial charge in [0.25, 0.3) is 0 Å². The molecule has 1 atom stereocenters. The summed E-state index contributed by atoms with van der Waals surface area (Å²) in [4.78, 5) is 10.3. The summed E-state index contributed by atoms with van der Waals surface area (Å²) in [6.07, 6.45) is 4.10. The first kappa shape index (κ1) is 15.8. The first-order valence-electron chi connectivity index (χ1n) is 5.88. The zero-order chi connectivity index (χ0) is 14.3. The second-order valence-electron chi connectivity index (χ2n) is 4.12. The Balaban J connectivity index is 0.000000191. The number of hydrogen-bond donors (Lipinski definition) is 2. The lowest BCUT2D eigenvalue weighted by Gasteiger charge is -2.15. The third-order valence-electron chi connectivity index (χ3n) is 2.72. The van der Waals surface area contributed by atoms with Gasteiger partial charge in [0, 0.05) is 5.02 Å². The summed E-state index contributed by atoms with van der Waals surface area (Å²) in [7, 11) is 0. The molecule has 1 aliphatic carbocycles. The Morgan fingerprint density at radius 3 is 2.32 bits per heavy atom. The number of halogens is 2. The lowest BCUT2D eigenvalue weighted by Crippen LogP contribution is -2.18. The van der Waals surface area contributed by atoms with Crippen molar-refractivity contribution >= 4 is 34.9 Å². The van der Waals surface area contributed by atoms with Gasteiger partial charge in [0.05, 0.1) is 16.7 Å². The van der Waals surface area contributed by atoms with E-state index in [4.69, 9.17) is 33.5 Å². The highest BCUT2D eigenvalue weighted by Gasteiger charge is 2.17. The number of nitrogens with zero attached hydrogens (tertiary/aromatic N) is 1. The average Bonchev–Trinajstić information content (AvgIpc) is 2.40. The Labute approximate surface area is 121 Å². The third kappa shape index (κ3) is 5.49. The van der Waals surface area contributed by atoms with E-state index in [9.17, 15) is 4.79 Å². The van der Waals surface area contributed by atoms with E-state index in [2.05, 4.69) is 5.16 Å². The van der Waals surface area contributed by atoms with Gasteiger partial charge in [-0.05, 0) is 43.5 Å². The molecule has 1 aliphatic rings. The number of alkyl halides is 1. The molecule has 1 aromatic rings. The van der Waals surface area contributed by atoms with Gasteiger partial charge in [0.1, 0.15) is 0 Å². The maximum atomic E-state index is 10.3. The van der Waals surface area contributed by atoms with Gasteiger partial charge in [0.15, 0.2) is 0 Å². The smallest absolute Gasteiger partial charge is 0.335 e.